The molecule has 152 valence electrons. The number of carbonyl (C=O) groups is 3. The predicted octanol–water partition coefficient (Wildman–Crippen LogP) is 3.86. The molecular formula is C22H19N3O4S. The first-order valence-electron chi connectivity index (χ1n) is 9.04. The minimum atomic E-state index is -0.454. The van der Waals surface area contributed by atoms with E-state index < -0.39 is 11.9 Å². The number of thioether (sulfide) groups is 1. The van der Waals surface area contributed by atoms with E-state index in [9.17, 15) is 14.4 Å². The number of nitrogens with one attached hydrogen (secondary N) is 1. The van der Waals surface area contributed by atoms with Crippen LogP contribution < -0.4 is 5.32 Å². The number of anilines is 1. The highest BCUT2D eigenvalue weighted by Crippen LogP contribution is 2.30. The third-order valence-corrected chi connectivity index (χ3v) is 5.03. The van der Waals surface area contributed by atoms with Gasteiger partial charge < -0.3 is 10.1 Å². The largest absolute Gasteiger partial charge is 0.468 e. The molecule has 0 spiro atoms. The van der Waals surface area contributed by atoms with Gasteiger partial charge in [0.25, 0.3) is 5.91 Å². The first-order chi connectivity index (χ1) is 14.5. The Labute approximate surface area is 177 Å². The fourth-order valence-corrected chi connectivity index (χ4v) is 3.53. The Kier molecular flexibility index (Phi) is 6.92. The van der Waals surface area contributed by atoms with Gasteiger partial charge in [-0.25, -0.2) is 9.97 Å². The number of hydrogen-bond acceptors (Lipinski definition) is 7. The maximum Gasteiger partial charge on any atom is 0.316 e. The molecule has 8 heteroatoms. The number of carbonyl (C=O) groups excluding carboxylic acids is 3. The molecule has 3 aromatic rings. The number of nitrogens with zero attached hydrogens (tertiary/aromatic N) is 2. The van der Waals surface area contributed by atoms with Crippen molar-refractivity contribution < 1.29 is 19.1 Å². The van der Waals surface area contributed by atoms with Crippen LogP contribution in [-0.4, -0.2) is 40.5 Å². The molecular weight excluding hydrogens is 402 g/mol. The number of esters is 1. The maximum absolute atomic E-state index is 12.7. The van der Waals surface area contributed by atoms with Gasteiger partial charge in [0.05, 0.1) is 18.4 Å². The number of ether oxygens (including phenoxy) is 1. The number of rotatable bonds is 7. The Morgan fingerprint density at radius 2 is 1.60 bits per heavy atom. The normalized spacial score (nSPS) is 10.3. The molecule has 0 saturated heterocycles. The summed E-state index contributed by atoms with van der Waals surface area (Å²) in [6, 6.07) is 17.8. The molecule has 0 aliphatic carbocycles. The fraction of sp³-hybridized carbons (Fsp3) is 0.136. The van der Waals surface area contributed by atoms with Gasteiger partial charge in [0.15, 0.2) is 11.6 Å². The van der Waals surface area contributed by atoms with Crippen LogP contribution in [-0.2, 0) is 9.53 Å². The SMILES string of the molecule is COC(=O)CSc1nc(-c2ccccc2)nc(NC(=O)c2ccccc2)c1C(C)=O. The van der Waals surface area contributed by atoms with Gasteiger partial charge in [0, 0.05) is 11.1 Å². The summed E-state index contributed by atoms with van der Waals surface area (Å²) in [5, 5.41) is 3.02. The van der Waals surface area contributed by atoms with Crippen LogP contribution in [0.1, 0.15) is 27.6 Å². The number of amides is 1. The smallest absolute Gasteiger partial charge is 0.316 e. The number of Topliss-reactive ketones (excluding diaryl/α,β-unsaturated/α-hetero) is 1. The average molecular weight is 421 g/mol. The summed E-state index contributed by atoms with van der Waals surface area (Å²) in [5.74, 6) is -0.795. The highest BCUT2D eigenvalue weighted by molar-refractivity contribution is 8.00. The van der Waals surface area contributed by atoms with Crippen molar-refractivity contribution in [2.45, 2.75) is 11.9 Å². The number of methoxy groups -OCH3 is 1. The van der Waals surface area contributed by atoms with E-state index in [1.54, 1.807) is 30.3 Å². The van der Waals surface area contributed by atoms with E-state index in [4.69, 9.17) is 0 Å². The summed E-state index contributed by atoms with van der Waals surface area (Å²) >= 11 is 1.06. The third-order valence-electron chi connectivity index (χ3n) is 4.08. The molecule has 30 heavy (non-hydrogen) atoms. The van der Waals surface area contributed by atoms with Crippen molar-refractivity contribution in [3.05, 3.63) is 71.8 Å². The van der Waals surface area contributed by atoms with Crippen LogP contribution in [0.3, 0.4) is 0 Å². The average Bonchev–Trinajstić information content (AvgIpc) is 2.78. The second-order valence-corrected chi connectivity index (χ2v) is 7.15. The number of benzene rings is 2. The van der Waals surface area contributed by atoms with Crippen LogP contribution in [0.15, 0.2) is 65.7 Å². The molecule has 0 aliphatic heterocycles. The molecule has 0 saturated carbocycles. The fourth-order valence-electron chi connectivity index (χ4n) is 2.62. The van der Waals surface area contributed by atoms with Crippen LogP contribution in [0.2, 0.25) is 0 Å². The summed E-state index contributed by atoms with van der Waals surface area (Å²) < 4.78 is 4.68. The second-order valence-electron chi connectivity index (χ2n) is 6.18. The molecule has 1 amide bonds. The minimum absolute atomic E-state index is 0.0336. The van der Waals surface area contributed by atoms with Gasteiger partial charge in [0.2, 0.25) is 0 Å². The van der Waals surface area contributed by atoms with Crippen molar-refractivity contribution in [2.24, 2.45) is 0 Å². The van der Waals surface area contributed by atoms with E-state index in [0.29, 0.717) is 22.0 Å². The summed E-state index contributed by atoms with van der Waals surface area (Å²) in [6.07, 6.45) is 0. The molecule has 1 heterocycles. The van der Waals surface area contributed by atoms with E-state index in [0.717, 1.165) is 11.8 Å². The number of hydrogen-bond donors (Lipinski definition) is 1. The molecule has 7 nitrogen and oxygen atoms in total. The van der Waals surface area contributed by atoms with Gasteiger partial charge in [0.1, 0.15) is 10.8 Å². The lowest BCUT2D eigenvalue weighted by molar-refractivity contribution is -0.137. The molecule has 1 aromatic heterocycles. The monoisotopic (exact) mass is 421 g/mol. The van der Waals surface area contributed by atoms with E-state index in [2.05, 4.69) is 20.0 Å². The zero-order valence-corrected chi connectivity index (χ0v) is 17.2. The van der Waals surface area contributed by atoms with E-state index in [1.807, 2.05) is 30.3 Å². The van der Waals surface area contributed by atoms with Crippen molar-refractivity contribution in [3.63, 3.8) is 0 Å². The van der Waals surface area contributed by atoms with Gasteiger partial charge in [-0.2, -0.15) is 0 Å². The van der Waals surface area contributed by atoms with Crippen molar-refractivity contribution >= 4 is 35.2 Å². The number of ketones is 1. The van der Waals surface area contributed by atoms with E-state index in [-0.39, 0.29) is 22.9 Å². The van der Waals surface area contributed by atoms with E-state index in [1.165, 1.54) is 14.0 Å². The summed E-state index contributed by atoms with van der Waals surface area (Å²) in [4.78, 5) is 45.7. The van der Waals surface area contributed by atoms with Crippen molar-refractivity contribution in [1.82, 2.24) is 9.97 Å². The summed E-state index contributed by atoms with van der Waals surface area (Å²) in [7, 11) is 1.29. The molecule has 2 aromatic carbocycles. The van der Waals surface area contributed by atoms with E-state index >= 15 is 0 Å². The highest BCUT2D eigenvalue weighted by Gasteiger charge is 2.22. The zero-order chi connectivity index (χ0) is 21.5. The first kappa shape index (κ1) is 21.2. The Morgan fingerprint density at radius 3 is 2.20 bits per heavy atom. The Bertz CT molecular complexity index is 1070. The van der Waals surface area contributed by atoms with Crippen LogP contribution in [0.4, 0.5) is 5.82 Å². The maximum atomic E-state index is 12.7. The molecule has 0 unspecified atom stereocenters. The van der Waals surface area contributed by atoms with Crippen molar-refractivity contribution in [2.75, 3.05) is 18.2 Å². The van der Waals surface area contributed by atoms with Crippen LogP contribution in [0.25, 0.3) is 11.4 Å². The van der Waals surface area contributed by atoms with Gasteiger partial charge >= 0.3 is 5.97 Å². The van der Waals surface area contributed by atoms with Crippen molar-refractivity contribution in [1.29, 1.82) is 0 Å². The third kappa shape index (κ3) is 5.09. The molecule has 0 radical (unpaired) electrons. The molecule has 0 fully saturated rings. The topological polar surface area (TPSA) is 98.2 Å². The summed E-state index contributed by atoms with van der Waals surface area (Å²) in [6.45, 7) is 1.36. The van der Waals surface area contributed by atoms with Gasteiger partial charge in [-0.15, -0.1) is 0 Å². The second kappa shape index (κ2) is 9.80. The van der Waals surface area contributed by atoms with Gasteiger partial charge in [-0.3, -0.25) is 14.4 Å². The highest BCUT2D eigenvalue weighted by atomic mass is 32.2. The Balaban J connectivity index is 2.08. The quantitative estimate of drug-likeness (QED) is 0.268. The van der Waals surface area contributed by atoms with Crippen molar-refractivity contribution in [3.8, 4) is 11.4 Å². The van der Waals surface area contributed by atoms with Crippen LogP contribution >= 0.6 is 11.8 Å². The molecule has 1 N–H and O–H groups in total. The molecule has 0 atom stereocenters. The number of aromatic nitrogens is 2. The molecule has 0 aliphatic rings. The Morgan fingerprint density at radius 1 is 0.967 bits per heavy atom. The lowest BCUT2D eigenvalue weighted by atomic mass is 10.1. The van der Waals surface area contributed by atoms with Gasteiger partial charge in [-0.05, 0) is 19.1 Å². The molecule has 0 bridgehead atoms. The molecule has 3 rings (SSSR count). The lowest BCUT2D eigenvalue weighted by Crippen LogP contribution is -2.18. The first-order valence-corrected chi connectivity index (χ1v) is 10.0. The predicted molar refractivity (Wildman–Crippen MR) is 115 cm³/mol. The zero-order valence-electron chi connectivity index (χ0n) is 16.4. The Hall–Kier alpha value is -3.52. The lowest BCUT2D eigenvalue weighted by Gasteiger charge is -2.14. The standard InChI is InChI=1S/C22H19N3O4S/c1-14(26)18-20(24-21(28)16-11-7-4-8-12-16)23-19(15-9-5-3-6-10-15)25-22(18)30-13-17(27)29-2/h3-12H,13H2,1-2H3,(H,23,24,25,28). The minimum Gasteiger partial charge on any atom is -0.468 e. The van der Waals surface area contributed by atoms with Crippen LogP contribution in [0, 0.1) is 0 Å². The van der Waals surface area contributed by atoms with Crippen LogP contribution in [0.5, 0.6) is 0 Å². The van der Waals surface area contributed by atoms with Gasteiger partial charge in [-0.1, -0.05) is 60.3 Å². The summed E-state index contributed by atoms with van der Waals surface area (Å²) in [5.41, 5.74) is 1.28.